The van der Waals surface area contributed by atoms with Crippen molar-refractivity contribution in [3.8, 4) is 0 Å². The van der Waals surface area contributed by atoms with Crippen molar-refractivity contribution in [2.75, 3.05) is 5.32 Å². The van der Waals surface area contributed by atoms with Gasteiger partial charge in [0.05, 0.1) is 11.8 Å². The number of aromatic nitrogens is 3. The zero-order chi connectivity index (χ0) is 18.7. The van der Waals surface area contributed by atoms with Crippen molar-refractivity contribution < 1.29 is 14.7 Å². The molecule has 0 radical (unpaired) electrons. The second-order valence-corrected chi connectivity index (χ2v) is 6.37. The number of anilines is 1. The van der Waals surface area contributed by atoms with Gasteiger partial charge < -0.3 is 10.4 Å². The molecule has 0 spiro atoms. The molecular weight excluding hydrogens is 332 g/mol. The van der Waals surface area contributed by atoms with Crippen LogP contribution in [0.2, 0.25) is 0 Å². The third-order valence-corrected chi connectivity index (χ3v) is 4.00. The maximum Gasteiger partial charge on any atom is 0.303 e. The number of rotatable bonds is 6. The van der Waals surface area contributed by atoms with Gasteiger partial charge in [0.25, 0.3) is 5.91 Å². The van der Waals surface area contributed by atoms with Gasteiger partial charge in [-0.05, 0) is 44.0 Å². The number of nitrogens with zero attached hydrogens (tertiary/aromatic N) is 3. The molecule has 0 saturated carbocycles. The Labute approximate surface area is 150 Å². The van der Waals surface area contributed by atoms with Crippen LogP contribution in [0.5, 0.6) is 0 Å². The molecule has 0 aliphatic heterocycles. The monoisotopic (exact) mass is 352 g/mol. The number of hydrogen-bond acceptors (Lipinski definition) is 4. The van der Waals surface area contributed by atoms with E-state index >= 15 is 0 Å². The first-order valence-corrected chi connectivity index (χ1v) is 8.39. The number of fused-ring (bicyclic) bond motifs is 1. The Bertz CT molecular complexity index is 962. The Morgan fingerprint density at radius 3 is 2.77 bits per heavy atom. The van der Waals surface area contributed by atoms with Gasteiger partial charge in [0.2, 0.25) is 0 Å². The van der Waals surface area contributed by atoms with Crippen LogP contribution >= 0.6 is 0 Å². The van der Waals surface area contributed by atoms with E-state index in [1.54, 1.807) is 30.5 Å². The number of amides is 1. The van der Waals surface area contributed by atoms with Crippen molar-refractivity contribution in [3.05, 3.63) is 53.9 Å². The molecule has 7 heteroatoms. The topological polar surface area (TPSA) is 97.1 Å². The summed E-state index contributed by atoms with van der Waals surface area (Å²) in [6.45, 7) is 4.04. The summed E-state index contributed by atoms with van der Waals surface area (Å²) in [5.41, 5.74) is 2.66. The Balaban J connectivity index is 1.76. The van der Waals surface area contributed by atoms with Crippen molar-refractivity contribution in [3.63, 3.8) is 0 Å². The van der Waals surface area contributed by atoms with Crippen molar-refractivity contribution in [2.45, 2.75) is 32.7 Å². The molecule has 0 fully saturated rings. The Hall–Kier alpha value is -3.22. The summed E-state index contributed by atoms with van der Waals surface area (Å²) < 4.78 is 1.81. The van der Waals surface area contributed by atoms with E-state index < -0.39 is 5.97 Å². The Kier molecular flexibility index (Phi) is 4.97. The molecule has 3 rings (SSSR count). The van der Waals surface area contributed by atoms with Crippen LogP contribution in [0.1, 0.15) is 42.2 Å². The third-order valence-electron chi connectivity index (χ3n) is 4.00. The van der Waals surface area contributed by atoms with E-state index in [2.05, 4.69) is 15.4 Å². The lowest BCUT2D eigenvalue weighted by atomic mass is 10.1. The quantitative estimate of drug-likeness (QED) is 0.709. The van der Waals surface area contributed by atoms with Crippen LogP contribution in [0, 0.1) is 0 Å². The van der Waals surface area contributed by atoms with Gasteiger partial charge in [0.15, 0.2) is 5.65 Å². The molecule has 1 amide bonds. The number of carboxylic acids is 1. The van der Waals surface area contributed by atoms with Gasteiger partial charge in [0.1, 0.15) is 0 Å². The molecule has 0 unspecified atom stereocenters. The highest BCUT2D eigenvalue weighted by Gasteiger charge is 2.12. The molecule has 1 aromatic carbocycles. The van der Waals surface area contributed by atoms with Crippen LogP contribution in [-0.2, 0) is 11.2 Å². The van der Waals surface area contributed by atoms with E-state index in [1.165, 1.54) is 6.20 Å². The average molecular weight is 352 g/mol. The van der Waals surface area contributed by atoms with Crippen molar-refractivity contribution >= 4 is 28.6 Å². The fourth-order valence-electron chi connectivity index (χ4n) is 2.70. The van der Waals surface area contributed by atoms with E-state index in [1.807, 2.05) is 24.6 Å². The lowest BCUT2D eigenvalue weighted by Gasteiger charge is -2.08. The number of nitrogens with one attached hydrogen (secondary N) is 1. The van der Waals surface area contributed by atoms with Crippen LogP contribution in [0.15, 0.2) is 42.7 Å². The summed E-state index contributed by atoms with van der Waals surface area (Å²) in [4.78, 5) is 27.6. The van der Waals surface area contributed by atoms with Crippen molar-refractivity contribution in [2.24, 2.45) is 0 Å². The number of pyridine rings is 1. The fourth-order valence-corrected chi connectivity index (χ4v) is 2.70. The highest BCUT2D eigenvalue weighted by molar-refractivity contribution is 6.05. The normalized spacial score (nSPS) is 11.0. The SMILES string of the molecule is CC(C)n1ncc2cc(C(=O)Nc3cccc(CCC(=O)O)c3)cnc21. The minimum Gasteiger partial charge on any atom is -0.481 e. The summed E-state index contributed by atoms with van der Waals surface area (Å²) in [6, 6.07) is 9.13. The number of aliphatic carboxylic acids is 1. The number of benzene rings is 1. The Morgan fingerprint density at radius 1 is 1.23 bits per heavy atom. The van der Waals surface area contributed by atoms with Gasteiger partial charge in [-0.3, -0.25) is 9.59 Å². The molecule has 134 valence electrons. The largest absolute Gasteiger partial charge is 0.481 e. The lowest BCUT2D eigenvalue weighted by Crippen LogP contribution is -2.12. The second-order valence-electron chi connectivity index (χ2n) is 6.37. The minimum atomic E-state index is -0.847. The molecule has 0 bridgehead atoms. The van der Waals surface area contributed by atoms with Gasteiger partial charge in [0, 0.05) is 29.7 Å². The first-order chi connectivity index (χ1) is 12.4. The number of carbonyl (C=O) groups is 2. The van der Waals surface area contributed by atoms with E-state index in [4.69, 9.17) is 5.11 Å². The van der Waals surface area contributed by atoms with Crippen LogP contribution in [0.25, 0.3) is 11.0 Å². The van der Waals surface area contributed by atoms with Gasteiger partial charge >= 0.3 is 5.97 Å². The zero-order valence-electron chi connectivity index (χ0n) is 14.6. The average Bonchev–Trinajstić information content (AvgIpc) is 3.03. The first-order valence-electron chi connectivity index (χ1n) is 8.39. The molecule has 2 heterocycles. The number of carbonyl (C=O) groups excluding carboxylic acids is 1. The molecule has 3 aromatic rings. The summed E-state index contributed by atoms with van der Waals surface area (Å²) in [7, 11) is 0. The third kappa shape index (κ3) is 3.88. The number of carboxylic acid groups (broad SMARTS) is 1. The maximum atomic E-state index is 12.5. The second kappa shape index (κ2) is 7.35. The number of aryl methyl sites for hydroxylation is 1. The Morgan fingerprint density at radius 2 is 2.04 bits per heavy atom. The highest BCUT2D eigenvalue weighted by atomic mass is 16.4. The van der Waals surface area contributed by atoms with E-state index in [9.17, 15) is 9.59 Å². The standard InChI is InChI=1S/C19H20N4O3/c1-12(2)23-18-14(11-21-23)9-15(10-20-18)19(26)22-16-5-3-4-13(8-16)6-7-17(24)25/h3-5,8-12H,6-7H2,1-2H3,(H,22,26)(H,24,25). The zero-order valence-corrected chi connectivity index (χ0v) is 14.6. The van der Waals surface area contributed by atoms with E-state index in [0.717, 1.165) is 16.6 Å². The maximum absolute atomic E-state index is 12.5. The smallest absolute Gasteiger partial charge is 0.303 e. The van der Waals surface area contributed by atoms with Crippen LogP contribution < -0.4 is 5.32 Å². The molecule has 0 aliphatic rings. The lowest BCUT2D eigenvalue weighted by molar-refractivity contribution is -0.136. The van der Waals surface area contributed by atoms with Gasteiger partial charge in [-0.2, -0.15) is 5.10 Å². The van der Waals surface area contributed by atoms with Crippen LogP contribution in [0.4, 0.5) is 5.69 Å². The molecule has 26 heavy (non-hydrogen) atoms. The summed E-state index contributed by atoms with van der Waals surface area (Å²) >= 11 is 0. The molecule has 0 atom stereocenters. The predicted molar refractivity (Wildman–Crippen MR) is 98.3 cm³/mol. The van der Waals surface area contributed by atoms with Crippen LogP contribution in [-0.4, -0.2) is 31.7 Å². The van der Waals surface area contributed by atoms with Crippen LogP contribution in [0.3, 0.4) is 0 Å². The van der Waals surface area contributed by atoms with Gasteiger partial charge in [-0.15, -0.1) is 0 Å². The molecule has 0 aliphatic carbocycles. The van der Waals surface area contributed by atoms with E-state index in [-0.39, 0.29) is 18.4 Å². The summed E-state index contributed by atoms with van der Waals surface area (Å²) in [5, 5.41) is 16.7. The highest BCUT2D eigenvalue weighted by Crippen LogP contribution is 2.18. The van der Waals surface area contributed by atoms with Gasteiger partial charge in [-0.1, -0.05) is 12.1 Å². The molecule has 2 N–H and O–H groups in total. The predicted octanol–water partition coefficient (Wildman–Crippen LogP) is 3.28. The van der Waals surface area contributed by atoms with Crippen molar-refractivity contribution in [1.82, 2.24) is 14.8 Å². The number of hydrogen-bond donors (Lipinski definition) is 2. The minimum absolute atomic E-state index is 0.0534. The summed E-state index contributed by atoms with van der Waals surface area (Å²) in [5.74, 6) is -1.12. The van der Waals surface area contributed by atoms with Gasteiger partial charge in [-0.25, -0.2) is 9.67 Å². The molecule has 7 nitrogen and oxygen atoms in total. The first kappa shape index (κ1) is 17.6. The van der Waals surface area contributed by atoms with E-state index in [0.29, 0.717) is 17.7 Å². The summed E-state index contributed by atoms with van der Waals surface area (Å²) in [6.07, 6.45) is 3.71. The molecule has 2 aromatic heterocycles. The molecule has 0 saturated heterocycles. The fraction of sp³-hybridized carbons (Fsp3) is 0.263. The molecular formula is C19H20N4O3. The van der Waals surface area contributed by atoms with Crippen molar-refractivity contribution in [1.29, 1.82) is 0 Å².